The third-order valence-corrected chi connectivity index (χ3v) is 5.53. The summed E-state index contributed by atoms with van der Waals surface area (Å²) in [7, 11) is -1.10. The molecule has 0 saturated heterocycles. The molecule has 1 N–H and O–H groups in total. The van der Waals surface area contributed by atoms with Gasteiger partial charge in [-0.3, -0.25) is 0 Å². The summed E-state index contributed by atoms with van der Waals surface area (Å²) >= 11 is 0. The van der Waals surface area contributed by atoms with Gasteiger partial charge in [0, 0.05) is 32.9 Å². The number of alkyl halides is 2. The second-order valence-corrected chi connectivity index (χ2v) is 13.0. The van der Waals surface area contributed by atoms with Gasteiger partial charge in [0.1, 0.15) is 12.5 Å². The Balaban J connectivity index is 1.92. The fraction of sp³-hybridized carbons (Fsp3) is 0.500. The maximum atomic E-state index is 12.4. The van der Waals surface area contributed by atoms with Gasteiger partial charge in [0.25, 0.3) is 0 Å². The minimum absolute atomic E-state index is 0.00209. The molecule has 2 rings (SSSR count). The number of nitrogens with zero attached hydrogens (tertiary/aromatic N) is 2. The molecule has 0 aliphatic rings. The normalized spacial score (nSPS) is 12.0. The average Bonchev–Trinajstić information content (AvgIpc) is 2.99. The van der Waals surface area contributed by atoms with Crippen LogP contribution in [-0.4, -0.2) is 36.2 Å². The van der Waals surface area contributed by atoms with Crippen molar-refractivity contribution in [2.45, 2.75) is 52.1 Å². The highest BCUT2D eigenvalue weighted by Gasteiger charge is 2.12. The highest BCUT2D eigenvalue weighted by atomic mass is 28.3. The topological polar surface area (TPSA) is 56.5 Å². The van der Waals surface area contributed by atoms with Gasteiger partial charge in [-0.15, -0.1) is 0 Å². The van der Waals surface area contributed by atoms with Crippen molar-refractivity contribution in [1.29, 1.82) is 0 Å². The number of aromatic nitrogens is 2. The van der Waals surface area contributed by atoms with Crippen LogP contribution >= 0.6 is 0 Å². The van der Waals surface area contributed by atoms with Crippen molar-refractivity contribution in [1.82, 2.24) is 9.78 Å². The van der Waals surface area contributed by atoms with Gasteiger partial charge < -0.3 is 14.6 Å². The van der Waals surface area contributed by atoms with Crippen LogP contribution in [0, 0.1) is 0 Å². The number of halogens is 2. The van der Waals surface area contributed by atoms with Crippen molar-refractivity contribution in [3.8, 4) is 5.75 Å². The number of ether oxygens (including phenoxy) is 2. The van der Waals surface area contributed by atoms with Crippen LogP contribution in [0.3, 0.4) is 0 Å². The molecule has 0 amide bonds. The fourth-order valence-electron chi connectivity index (χ4n) is 2.42. The molecule has 0 fully saturated rings. The van der Waals surface area contributed by atoms with Gasteiger partial charge in [-0.25, -0.2) is 4.68 Å². The van der Waals surface area contributed by atoms with Crippen molar-refractivity contribution in [2.75, 3.05) is 6.61 Å². The predicted molar refractivity (Wildman–Crippen MR) is 98.1 cm³/mol. The monoisotopic (exact) mass is 384 g/mol. The van der Waals surface area contributed by atoms with E-state index in [1.165, 1.54) is 6.07 Å². The SMILES string of the molecule is C[Si](C)(C)CCOCn1cc(Cc2ccc(OC(F)F)c(CO)c2)cn1. The summed E-state index contributed by atoms with van der Waals surface area (Å²) in [5.74, 6) is -0.00209. The van der Waals surface area contributed by atoms with E-state index in [1.807, 2.05) is 6.20 Å². The molecule has 0 atom stereocenters. The lowest BCUT2D eigenvalue weighted by Crippen LogP contribution is -2.22. The van der Waals surface area contributed by atoms with E-state index in [0.717, 1.165) is 23.8 Å². The van der Waals surface area contributed by atoms with Crippen LogP contribution < -0.4 is 4.74 Å². The molecule has 0 bridgehead atoms. The van der Waals surface area contributed by atoms with E-state index in [-0.39, 0.29) is 12.4 Å². The molecule has 0 unspecified atom stereocenters. The second-order valence-electron chi connectivity index (χ2n) is 7.39. The van der Waals surface area contributed by atoms with E-state index in [9.17, 15) is 13.9 Å². The van der Waals surface area contributed by atoms with Crippen LogP contribution in [-0.2, 0) is 24.5 Å². The third-order valence-electron chi connectivity index (χ3n) is 3.83. The maximum Gasteiger partial charge on any atom is 0.387 e. The first-order valence-electron chi connectivity index (χ1n) is 8.53. The largest absolute Gasteiger partial charge is 0.434 e. The molecule has 26 heavy (non-hydrogen) atoms. The van der Waals surface area contributed by atoms with Crippen molar-refractivity contribution in [3.05, 3.63) is 47.3 Å². The Morgan fingerprint density at radius 3 is 2.65 bits per heavy atom. The van der Waals surface area contributed by atoms with Crippen molar-refractivity contribution < 1.29 is 23.4 Å². The second kappa shape index (κ2) is 9.25. The van der Waals surface area contributed by atoms with Crippen molar-refractivity contribution in [2.24, 2.45) is 0 Å². The zero-order chi connectivity index (χ0) is 19.2. The zero-order valence-corrected chi connectivity index (χ0v) is 16.4. The van der Waals surface area contributed by atoms with E-state index in [4.69, 9.17) is 4.74 Å². The summed E-state index contributed by atoms with van der Waals surface area (Å²) in [6.45, 7) is 4.79. The first-order valence-corrected chi connectivity index (χ1v) is 12.2. The van der Waals surface area contributed by atoms with E-state index >= 15 is 0 Å². The van der Waals surface area contributed by atoms with Gasteiger partial charge in [0.2, 0.25) is 0 Å². The number of hydrogen-bond acceptors (Lipinski definition) is 4. The predicted octanol–water partition coefficient (Wildman–Crippen LogP) is 3.88. The summed E-state index contributed by atoms with van der Waals surface area (Å²) in [4.78, 5) is 0. The Morgan fingerprint density at radius 2 is 2.00 bits per heavy atom. The van der Waals surface area contributed by atoms with E-state index in [1.54, 1.807) is 23.0 Å². The Kier molecular flexibility index (Phi) is 7.30. The molecule has 0 aliphatic carbocycles. The highest BCUT2D eigenvalue weighted by molar-refractivity contribution is 6.76. The van der Waals surface area contributed by atoms with Crippen LogP contribution in [0.5, 0.6) is 5.75 Å². The molecular formula is C18H26F2N2O3Si. The lowest BCUT2D eigenvalue weighted by Gasteiger charge is -2.15. The molecule has 2 aromatic rings. The standard InChI is InChI=1S/C18H26F2N2O3Si/c1-26(2,3)7-6-24-13-22-11-15(10-21-22)8-14-4-5-17(25-18(19)20)16(9-14)12-23/h4-5,9-11,18,23H,6-8,12-13H2,1-3H3. The third kappa shape index (κ3) is 6.85. The van der Waals surface area contributed by atoms with E-state index in [0.29, 0.717) is 18.7 Å². The summed E-state index contributed by atoms with van der Waals surface area (Å²) < 4.78 is 36.5. The molecule has 1 aromatic heterocycles. The van der Waals surface area contributed by atoms with Gasteiger partial charge in [0.05, 0.1) is 12.8 Å². The minimum Gasteiger partial charge on any atom is -0.434 e. The van der Waals surface area contributed by atoms with E-state index < -0.39 is 14.7 Å². The molecule has 0 saturated carbocycles. The Labute approximate surface area is 153 Å². The Morgan fingerprint density at radius 1 is 1.23 bits per heavy atom. The molecule has 1 heterocycles. The maximum absolute atomic E-state index is 12.4. The zero-order valence-electron chi connectivity index (χ0n) is 15.4. The summed E-state index contributed by atoms with van der Waals surface area (Å²) in [6.07, 6.45) is 4.23. The summed E-state index contributed by atoms with van der Waals surface area (Å²) in [5.41, 5.74) is 2.20. The highest BCUT2D eigenvalue weighted by Crippen LogP contribution is 2.23. The quantitative estimate of drug-likeness (QED) is 0.499. The molecule has 0 spiro atoms. The van der Waals surface area contributed by atoms with Crippen LogP contribution in [0.1, 0.15) is 16.7 Å². The lowest BCUT2D eigenvalue weighted by atomic mass is 10.0. The van der Waals surface area contributed by atoms with Crippen LogP contribution in [0.15, 0.2) is 30.6 Å². The molecular weight excluding hydrogens is 358 g/mol. The first kappa shape index (κ1) is 20.5. The number of benzene rings is 1. The fourth-order valence-corrected chi connectivity index (χ4v) is 3.17. The van der Waals surface area contributed by atoms with Gasteiger partial charge >= 0.3 is 6.61 Å². The lowest BCUT2D eigenvalue weighted by molar-refractivity contribution is -0.0509. The Bertz CT molecular complexity index is 702. The van der Waals surface area contributed by atoms with Gasteiger partial charge in [0.15, 0.2) is 0 Å². The molecule has 0 radical (unpaired) electrons. The van der Waals surface area contributed by atoms with E-state index in [2.05, 4.69) is 29.5 Å². The van der Waals surface area contributed by atoms with Crippen LogP contribution in [0.25, 0.3) is 0 Å². The van der Waals surface area contributed by atoms with Crippen LogP contribution in [0.4, 0.5) is 8.78 Å². The summed E-state index contributed by atoms with van der Waals surface area (Å²) in [5, 5.41) is 13.6. The number of aliphatic hydroxyl groups excluding tert-OH is 1. The first-order chi connectivity index (χ1) is 12.3. The minimum atomic E-state index is -2.91. The van der Waals surface area contributed by atoms with Crippen LogP contribution in [0.2, 0.25) is 25.7 Å². The van der Waals surface area contributed by atoms with Crippen molar-refractivity contribution >= 4 is 8.07 Å². The van der Waals surface area contributed by atoms with Gasteiger partial charge in [-0.2, -0.15) is 13.9 Å². The van der Waals surface area contributed by atoms with Crippen molar-refractivity contribution in [3.63, 3.8) is 0 Å². The molecule has 5 nitrogen and oxygen atoms in total. The smallest absolute Gasteiger partial charge is 0.387 e. The average molecular weight is 384 g/mol. The molecule has 8 heteroatoms. The Hall–Kier alpha value is -1.77. The van der Waals surface area contributed by atoms with Gasteiger partial charge in [-0.1, -0.05) is 25.7 Å². The number of aliphatic hydroxyl groups is 1. The summed E-state index contributed by atoms with van der Waals surface area (Å²) in [6, 6.07) is 5.94. The van der Waals surface area contributed by atoms with Gasteiger partial charge in [-0.05, 0) is 29.3 Å². The molecule has 144 valence electrons. The molecule has 1 aromatic carbocycles. The number of hydrogen-bond donors (Lipinski definition) is 1. The number of rotatable bonds is 10. The molecule has 0 aliphatic heterocycles.